The molecule has 0 atom stereocenters. The summed E-state index contributed by atoms with van der Waals surface area (Å²) < 4.78 is 16.0. The summed E-state index contributed by atoms with van der Waals surface area (Å²) in [4.78, 5) is 9.56. The van der Waals surface area contributed by atoms with E-state index in [1.807, 2.05) is 60.7 Å². The summed E-state index contributed by atoms with van der Waals surface area (Å²) in [5, 5.41) is 2.04. The number of furan rings is 1. The van der Waals surface area contributed by atoms with Gasteiger partial charge in [0.25, 0.3) is 0 Å². The van der Waals surface area contributed by atoms with Crippen molar-refractivity contribution in [1.29, 1.82) is 0 Å². The largest absolute Gasteiger partial charge is 0.497 e. The minimum Gasteiger partial charge on any atom is -0.497 e. The van der Waals surface area contributed by atoms with Crippen molar-refractivity contribution in [3.05, 3.63) is 198 Å². The first-order chi connectivity index (χ1) is 30.2. The summed E-state index contributed by atoms with van der Waals surface area (Å²) in [6, 6.07) is 61.0. The number of pyridine rings is 1. The number of ether oxygens (including phenoxy) is 1. The fourth-order valence-electron chi connectivity index (χ4n) is 8.98. The van der Waals surface area contributed by atoms with Crippen LogP contribution in [0.4, 0.5) is 0 Å². The first-order valence-electron chi connectivity index (χ1n) is 21.5. The molecule has 0 aliphatic carbocycles. The summed E-state index contributed by atoms with van der Waals surface area (Å²) in [6.45, 7) is 13.6. The molecule has 63 heavy (non-hydrogen) atoms. The molecule has 1 aliphatic rings. The number of hydrogen-bond donors (Lipinski definition) is 0. The molecule has 0 saturated carbocycles. The van der Waals surface area contributed by atoms with Gasteiger partial charge in [-0.05, 0) is 76.2 Å². The molecule has 4 heterocycles. The van der Waals surface area contributed by atoms with Crippen molar-refractivity contribution in [1.82, 2.24) is 14.5 Å². The third kappa shape index (κ3) is 7.37. The molecule has 0 fully saturated rings. The second kappa shape index (κ2) is 16.9. The maximum absolute atomic E-state index is 6.95. The zero-order valence-corrected chi connectivity index (χ0v) is 38.6. The Balaban J connectivity index is 0.000000335. The minimum atomic E-state index is -0.243. The van der Waals surface area contributed by atoms with E-state index in [-0.39, 0.29) is 37.4 Å². The molecule has 0 bridgehead atoms. The van der Waals surface area contributed by atoms with Crippen molar-refractivity contribution in [2.75, 3.05) is 0 Å². The average molecular weight is 998 g/mol. The van der Waals surface area contributed by atoms with E-state index in [1.54, 1.807) is 6.20 Å². The Kier molecular flexibility index (Phi) is 11.2. The summed E-state index contributed by atoms with van der Waals surface area (Å²) in [5.41, 5.74) is 14.6. The molecule has 10 aromatic rings. The summed E-state index contributed by atoms with van der Waals surface area (Å²) >= 11 is 0. The van der Waals surface area contributed by atoms with E-state index in [0.717, 1.165) is 72.7 Å². The van der Waals surface area contributed by atoms with E-state index in [1.165, 1.54) is 33.5 Å². The van der Waals surface area contributed by atoms with Crippen LogP contribution < -0.4 is 4.74 Å². The quantitative estimate of drug-likeness (QED) is 0.156. The van der Waals surface area contributed by atoms with Crippen LogP contribution in [0.3, 0.4) is 0 Å². The van der Waals surface area contributed by atoms with Gasteiger partial charge in [-0.1, -0.05) is 137 Å². The van der Waals surface area contributed by atoms with Gasteiger partial charge in [-0.15, -0.1) is 54.1 Å². The van der Waals surface area contributed by atoms with Crippen LogP contribution in [0.25, 0.3) is 72.4 Å². The van der Waals surface area contributed by atoms with Gasteiger partial charge in [-0.3, -0.25) is 4.98 Å². The van der Waals surface area contributed by atoms with E-state index < -0.39 is 0 Å². The maximum atomic E-state index is 6.95. The molecule has 1 aliphatic heterocycles. The predicted octanol–water partition coefficient (Wildman–Crippen LogP) is 15.3. The second-order valence-electron chi connectivity index (χ2n) is 17.2. The summed E-state index contributed by atoms with van der Waals surface area (Å²) in [6.07, 6.45) is 1.79. The van der Waals surface area contributed by atoms with Crippen LogP contribution >= 0.6 is 0 Å². The standard InChI is InChI=1S/C46H39N2O2.C11H8N.Ir/c1-27(2)34-25-30(29-15-8-7-9-16-29)26-35(28(3)4)41(34)48-39-21-12-11-20-38(39)47-45(48)33-18-14-17-31-32-23-24-37-44(43(32)50-42(31)33)49-40-22-13-10-19-36(40)46(37,5)6;1-2-6-10(7-3-1)11-8-4-5-9-12-11;/h7-17,19-28H,1-6H3;1-6,8-9H;/q2*-1;. The van der Waals surface area contributed by atoms with E-state index in [4.69, 9.17) is 14.1 Å². The molecule has 7 aromatic carbocycles. The first kappa shape index (κ1) is 41.7. The molecule has 11 rings (SSSR count). The van der Waals surface area contributed by atoms with Crippen LogP contribution in [0.2, 0.25) is 0 Å². The van der Waals surface area contributed by atoms with E-state index in [9.17, 15) is 0 Å². The third-order valence-electron chi connectivity index (χ3n) is 12.2. The predicted molar refractivity (Wildman–Crippen MR) is 253 cm³/mol. The van der Waals surface area contributed by atoms with Gasteiger partial charge in [0.1, 0.15) is 5.75 Å². The van der Waals surface area contributed by atoms with Crippen molar-refractivity contribution < 1.29 is 29.3 Å². The molecule has 0 spiro atoms. The number of imidazole rings is 1. The molecule has 1 radical (unpaired) electrons. The Morgan fingerprint density at radius 1 is 0.619 bits per heavy atom. The average Bonchev–Trinajstić information content (AvgIpc) is 3.89. The van der Waals surface area contributed by atoms with Gasteiger partial charge in [0.15, 0.2) is 11.3 Å². The van der Waals surface area contributed by atoms with Crippen LogP contribution in [0.1, 0.15) is 75.6 Å². The Hall–Kier alpha value is -6.59. The molecule has 6 heteroatoms. The number of rotatable bonds is 6. The van der Waals surface area contributed by atoms with Crippen LogP contribution in [-0.2, 0) is 25.5 Å². The monoisotopic (exact) mass is 998 g/mol. The minimum absolute atomic E-state index is 0. The van der Waals surface area contributed by atoms with Gasteiger partial charge >= 0.3 is 0 Å². The van der Waals surface area contributed by atoms with E-state index in [2.05, 4.69) is 160 Å². The van der Waals surface area contributed by atoms with E-state index >= 15 is 0 Å². The van der Waals surface area contributed by atoms with Crippen molar-refractivity contribution in [3.8, 4) is 51.0 Å². The van der Waals surface area contributed by atoms with Gasteiger partial charge < -0.3 is 18.7 Å². The van der Waals surface area contributed by atoms with Crippen LogP contribution in [-0.4, -0.2) is 14.5 Å². The Morgan fingerprint density at radius 3 is 2.05 bits per heavy atom. The smallest absolute Gasteiger partial charge is 0.173 e. The molecule has 0 amide bonds. The van der Waals surface area contributed by atoms with Crippen LogP contribution in [0.15, 0.2) is 168 Å². The van der Waals surface area contributed by atoms with Gasteiger partial charge in [-0.2, -0.15) is 0 Å². The molecular weight excluding hydrogens is 951 g/mol. The molecule has 3 aromatic heterocycles. The Bertz CT molecular complexity index is 3170. The zero-order chi connectivity index (χ0) is 42.5. The van der Waals surface area contributed by atoms with Gasteiger partial charge in [-0.25, -0.2) is 0 Å². The molecule has 0 N–H and O–H groups in total. The SMILES string of the molecule is CC(C)c1cc(-c2ccccc2)cc(C(C)C)c1-n1c(-c2[c-]ccc3c2oc2c4c(ccc23)C(C)(C)c2ccccc2O4)nc2ccccc21.[Ir].[c-]1ccccc1-c1ccccn1. The summed E-state index contributed by atoms with van der Waals surface area (Å²) in [7, 11) is 0. The van der Waals surface area contributed by atoms with Gasteiger partial charge in [0, 0.05) is 53.9 Å². The molecule has 0 unspecified atom stereocenters. The fourth-order valence-corrected chi connectivity index (χ4v) is 8.98. The Morgan fingerprint density at radius 2 is 1.32 bits per heavy atom. The van der Waals surface area contributed by atoms with Crippen molar-refractivity contribution in [2.45, 2.75) is 58.8 Å². The second-order valence-corrected chi connectivity index (χ2v) is 17.2. The number of nitrogens with zero attached hydrogens (tertiary/aromatic N) is 3. The fraction of sp³-hybridized carbons (Fsp3) is 0.158. The number of para-hydroxylation sites is 3. The molecular formula is C57H47IrN3O2-2. The zero-order valence-electron chi connectivity index (χ0n) is 36.2. The molecule has 0 saturated heterocycles. The molecule has 313 valence electrons. The van der Waals surface area contributed by atoms with Crippen molar-refractivity contribution in [2.24, 2.45) is 0 Å². The summed E-state index contributed by atoms with van der Waals surface area (Å²) in [5.74, 6) is 2.99. The molecule has 5 nitrogen and oxygen atoms in total. The number of benzene rings is 7. The topological polar surface area (TPSA) is 53.1 Å². The maximum Gasteiger partial charge on any atom is 0.173 e. The number of aromatic nitrogens is 3. The normalized spacial score (nSPS) is 12.7. The van der Waals surface area contributed by atoms with Crippen molar-refractivity contribution >= 4 is 33.0 Å². The number of fused-ring (bicyclic) bond motifs is 7. The first-order valence-corrected chi connectivity index (χ1v) is 21.5. The van der Waals surface area contributed by atoms with Gasteiger partial charge in [0.2, 0.25) is 0 Å². The van der Waals surface area contributed by atoms with Crippen LogP contribution in [0, 0.1) is 12.1 Å². The van der Waals surface area contributed by atoms with Gasteiger partial charge in [0.05, 0.1) is 22.4 Å². The van der Waals surface area contributed by atoms with E-state index in [0.29, 0.717) is 0 Å². The third-order valence-corrected chi connectivity index (χ3v) is 12.2. The number of hydrogen-bond acceptors (Lipinski definition) is 4. The Labute approximate surface area is 382 Å². The van der Waals surface area contributed by atoms with Crippen molar-refractivity contribution in [3.63, 3.8) is 0 Å². The van der Waals surface area contributed by atoms with Crippen LogP contribution in [0.5, 0.6) is 11.5 Å².